The molecule has 0 bridgehead atoms. The zero-order chi connectivity index (χ0) is 19.1. The van der Waals surface area contributed by atoms with Gasteiger partial charge in [-0.05, 0) is 55.3 Å². The second kappa shape index (κ2) is 6.56. The van der Waals surface area contributed by atoms with Gasteiger partial charge in [0.2, 0.25) is 0 Å². The predicted molar refractivity (Wildman–Crippen MR) is 102 cm³/mol. The summed E-state index contributed by atoms with van der Waals surface area (Å²) in [5.74, 6) is 1.09. The van der Waals surface area contributed by atoms with Crippen LogP contribution in [-0.2, 0) is 13.0 Å². The highest BCUT2D eigenvalue weighted by Gasteiger charge is 2.19. The molecule has 140 valence electrons. The van der Waals surface area contributed by atoms with Crippen LogP contribution in [0.4, 0.5) is 10.1 Å². The van der Waals surface area contributed by atoms with Crippen LogP contribution in [0.5, 0.6) is 0 Å². The van der Waals surface area contributed by atoms with Gasteiger partial charge < -0.3 is 9.88 Å². The molecular weight excluding hydrogens is 359 g/mol. The van der Waals surface area contributed by atoms with Gasteiger partial charge >= 0.3 is 0 Å². The highest BCUT2D eigenvalue weighted by molar-refractivity contribution is 6.11. The number of rotatable bonds is 3. The van der Waals surface area contributed by atoms with Gasteiger partial charge in [0, 0.05) is 29.6 Å². The third-order valence-corrected chi connectivity index (χ3v) is 5.00. The number of aryl methyl sites for hydroxylation is 1. The minimum absolute atomic E-state index is 0.277. The van der Waals surface area contributed by atoms with Crippen LogP contribution in [0, 0.1) is 5.82 Å². The maximum Gasteiger partial charge on any atom is 0.276 e. The summed E-state index contributed by atoms with van der Waals surface area (Å²) in [5, 5.41) is 19.2. The fraction of sp³-hybridized carbons (Fsp3) is 0.200. The molecule has 0 spiro atoms. The van der Waals surface area contributed by atoms with E-state index in [9.17, 15) is 9.18 Å². The fourth-order valence-electron chi connectivity index (χ4n) is 3.57. The molecule has 4 aromatic rings. The van der Waals surface area contributed by atoms with Crippen LogP contribution in [0.25, 0.3) is 22.3 Å². The molecule has 7 nitrogen and oxygen atoms in total. The third kappa shape index (κ3) is 2.83. The van der Waals surface area contributed by atoms with E-state index in [2.05, 4.69) is 30.3 Å². The summed E-state index contributed by atoms with van der Waals surface area (Å²) in [6, 6.07) is 11.4. The molecule has 0 radical (unpaired) electrons. The number of hydrogen-bond acceptors (Lipinski definition) is 4. The van der Waals surface area contributed by atoms with Gasteiger partial charge in [-0.3, -0.25) is 9.89 Å². The molecule has 0 fully saturated rings. The SMILES string of the molecule is O=C(Nc1ccc(F)cc1)c1n[nH]c2ccc(-c3nnc4n3CCCC4)cc12. The average Bonchev–Trinajstić information content (AvgIpc) is 3.33. The van der Waals surface area contributed by atoms with Crippen molar-refractivity contribution in [3.63, 3.8) is 0 Å². The number of fused-ring (bicyclic) bond motifs is 2. The Labute approximate surface area is 159 Å². The summed E-state index contributed by atoms with van der Waals surface area (Å²) in [6.45, 7) is 0.902. The third-order valence-electron chi connectivity index (χ3n) is 5.00. The summed E-state index contributed by atoms with van der Waals surface area (Å²) >= 11 is 0. The van der Waals surface area contributed by atoms with Crippen molar-refractivity contribution in [2.75, 3.05) is 5.32 Å². The molecule has 2 N–H and O–H groups in total. The Hall–Kier alpha value is -3.55. The van der Waals surface area contributed by atoms with E-state index in [4.69, 9.17) is 0 Å². The summed E-state index contributed by atoms with van der Waals surface area (Å²) in [4.78, 5) is 12.7. The molecule has 0 aliphatic carbocycles. The van der Waals surface area contributed by atoms with Gasteiger partial charge in [-0.15, -0.1) is 10.2 Å². The van der Waals surface area contributed by atoms with Crippen molar-refractivity contribution < 1.29 is 9.18 Å². The predicted octanol–water partition coefficient (Wildman–Crippen LogP) is 3.55. The lowest BCUT2D eigenvalue weighted by Gasteiger charge is -2.14. The van der Waals surface area contributed by atoms with Gasteiger partial charge in [0.15, 0.2) is 11.5 Å². The fourth-order valence-corrected chi connectivity index (χ4v) is 3.57. The Balaban J connectivity index is 1.51. The molecule has 1 aliphatic rings. The van der Waals surface area contributed by atoms with E-state index in [-0.39, 0.29) is 17.4 Å². The molecule has 0 atom stereocenters. The van der Waals surface area contributed by atoms with Crippen LogP contribution in [0.2, 0.25) is 0 Å². The summed E-state index contributed by atoms with van der Waals surface area (Å²) in [6.07, 6.45) is 3.18. The van der Waals surface area contributed by atoms with Crippen molar-refractivity contribution in [1.29, 1.82) is 0 Å². The van der Waals surface area contributed by atoms with Crippen LogP contribution < -0.4 is 5.32 Å². The van der Waals surface area contributed by atoms with Crippen molar-refractivity contribution in [2.45, 2.75) is 25.8 Å². The monoisotopic (exact) mass is 376 g/mol. The quantitative estimate of drug-likeness (QED) is 0.572. The van der Waals surface area contributed by atoms with Gasteiger partial charge in [0.1, 0.15) is 11.6 Å². The van der Waals surface area contributed by atoms with Crippen LogP contribution in [0.15, 0.2) is 42.5 Å². The zero-order valence-corrected chi connectivity index (χ0v) is 14.9. The van der Waals surface area contributed by atoms with Gasteiger partial charge in [-0.25, -0.2) is 4.39 Å². The first-order chi connectivity index (χ1) is 13.7. The number of aromatic amines is 1. The van der Waals surface area contributed by atoms with Gasteiger partial charge in [-0.1, -0.05) is 0 Å². The maximum atomic E-state index is 13.1. The number of amides is 1. The standard InChI is InChI=1S/C20H17FN6O/c21-13-5-7-14(8-6-13)22-20(28)18-15-11-12(4-9-16(15)23-25-18)19-26-24-17-3-1-2-10-27(17)19/h4-9,11H,1-3,10H2,(H,22,28)(H,23,25). The molecule has 1 amide bonds. The Morgan fingerprint density at radius 2 is 1.96 bits per heavy atom. The first-order valence-corrected chi connectivity index (χ1v) is 9.16. The van der Waals surface area contributed by atoms with Crippen LogP contribution in [-0.4, -0.2) is 30.9 Å². The van der Waals surface area contributed by atoms with Gasteiger partial charge in [0.25, 0.3) is 5.91 Å². The number of benzene rings is 2. The van der Waals surface area contributed by atoms with Crippen LogP contribution >= 0.6 is 0 Å². The van der Waals surface area contributed by atoms with E-state index in [1.807, 2.05) is 18.2 Å². The minimum Gasteiger partial charge on any atom is -0.321 e. The van der Waals surface area contributed by atoms with E-state index in [1.165, 1.54) is 24.3 Å². The molecular formula is C20H17FN6O. The van der Waals surface area contributed by atoms with E-state index in [0.29, 0.717) is 11.1 Å². The first kappa shape index (κ1) is 16.6. The molecule has 8 heteroatoms. The highest BCUT2D eigenvalue weighted by Crippen LogP contribution is 2.27. The molecule has 1 aliphatic heterocycles. The molecule has 0 saturated heterocycles. The van der Waals surface area contributed by atoms with Crippen molar-refractivity contribution in [3.05, 3.63) is 59.8 Å². The summed E-state index contributed by atoms with van der Waals surface area (Å²) < 4.78 is 15.2. The Bertz CT molecular complexity index is 1180. The smallest absolute Gasteiger partial charge is 0.276 e. The van der Waals surface area contributed by atoms with Gasteiger partial charge in [-0.2, -0.15) is 5.10 Å². The van der Waals surface area contributed by atoms with Crippen molar-refractivity contribution in [2.24, 2.45) is 0 Å². The molecule has 5 rings (SSSR count). The number of aromatic nitrogens is 5. The largest absolute Gasteiger partial charge is 0.321 e. The number of nitrogens with one attached hydrogen (secondary N) is 2. The van der Waals surface area contributed by atoms with E-state index in [1.54, 1.807) is 0 Å². The lowest BCUT2D eigenvalue weighted by Crippen LogP contribution is -2.13. The Kier molecular flexibility index (Phi) is 3.89. The van der Waals surface area contributed by atoms with Crippen molar-refractivity contribution in [1.82, 2.24) is 25.0 Å². The zero-order valence-electron chi connectivity index (χ0n) is 14.9. The van der Waals surface area contributed by atoms with E-state index >= 15 is 0 Å². The molecule has 0 unspecified atom stereocenters. The number of carbonyl (C=O) groups is 1. The first-order valence-electron chi connectivity index (χ1n) is 9.16. The molecule has 3 heterocycles. The second-order valence-corrected chi connectivity index (χ2v) is 6.84. The Morgan fingerprint density at radius 1 is 1.11 bits per heavy atom. The topological polar surface area (TPSA) is 88.5 Å². The molecule has 28 heavy (non-hydrogen) atoms. The number of carbonyl (C=O) groups excluding carboxylic acids is 1. The number of anilines is 1. The lowest BCUT2D eigenvalue weighted by atomic mass is 10.1. The number of nitrogens with zero attached hydrogens (tertiary/aromatic N) is 4. The minimum atomic E-state index is -0.363. The number of halogens is 1. The number of H-pyrrole nitrogens is 1. The van der Waals surface area contributed by atoms with Gasteiger partial charge in [0.05, 0.1) is 5.52 Å². The number of hydrogen-bond donors (Lipinski definition) is 2. The summed E-state index contributed by atoms with van der Waals surface area (Å²) in [7, 11) is 0. The summed E-state index contributed by atoms with van der Waals surface area (Å²) in [5.41, 5.74) is 2.43. The van der Waals surface area contributed by atoms with E-state index < -0.39 is 0 Å². The van der Waals surface area contributed by atoms with Crippen molar-refractivity contribution >= 4 is 22.5 Å². The lowest BCUT2D eigenvalue weighted by molar-refractivity contribution is 0.102. The maximum absolute atomic E-state index is 13.1. The Morgan fingerprint density at radius 3 is 2.82 bits per heavy atom. The molecule has 0 saturated carbocycles. The van der Waals surface area contributed by atoms with Crippen LogP contribution in [0.1, 0.15) is 29.2 Å². The normalized spacial score (nSPS) is 13.5. The van der Waals surface area contributed by atoms with E-state index in [0.717, 1.165) is 48.5 Å². The second-order valence-electron chi connectivity index (χ2n) is 6.84. The van der Waals surface area contributed by atoms with Crippen LogP contribution in [0.3, 0.4) is 0 Å². The molecule has 2 aromatic heterocycles. The molecule has 2 aromatic carbocycles. The highest BCUT2D eigenvalue weighted by atomic mass is 19.1. The van der Waals surface area contributed by atoms with Crippen molar-refractivity contribution in [3.8, 4) is 11.4 Å². The average molecular weight is 376 g/mol.